The van der Waals surface area contributed by atoms with Gasteiger partial charge in [-0.15, -0.1) is 0 Å². The van der Waals surface area contributed by atoms with Crippen molar-refractivity contribution in [1.82, 2.24) is 15.5 Å². The first-order chi connectivity index (χ1) is 9.85. The van der Waals surface area contributed by atoms with Crippen LogP contribution in [0.15, 0.2) is 30.5 Å². The minimum absolute atomic E-state index is 0.721. The summed E-state index contributed by atoms with van der Waals surface area (Å²) < 4.78 is 5.03. The van der Waals surface area contributed by atoms with Crippen molar-refractivity contribution >= 4 is 0 Å². The molecule has 108 valence electrons. The second-order valence-corrected chi connectivity index (χ2v) is 4.89. The number of nitrogens with zero attached hydrogens (tertiary/aromatic N) is 1. The van der Waals surface area contributed by atoms with E-state index in [1.807, 2.05) is 6.20 Å². The Morgan fingerprint density at radius 2 is 2.05 bits per heavy atom. The van der Waals surface area contributed by atoms with E-state index in [1.54, 1.807) is 7.11 Å². The lowest BCUT2D eigenvalue weighted by atomic mass is 10.0. The molecule has 0 saturated carbocycles. The van der Waals surface area contributed by atoms with E-state index in [1.165, 1.54) is 23.1 Å². The highest BCUT2D eigenvalue weighted by molar-refractivity contribution is 5.62. The highest BCUT2D eigenvalue weighted by Gasteiger charge is 2.07. The van der Waals surface area contributed by atoms with Crippen LogP contribution >= 0.6 is 0 Å². The Hall–Kier alpha value is -1.65. The molecule has 4 heteroatoms. The number of methoxy groups -OCH3 is 1. The number of hydrogen-bond acceptors (Lipinski definition) is 3. The minimum atomic E-state index is 0.721. The number of benzene rings is 1. The molecule has 4 nitrogen and oxygen atoms in total. The molecule has 0 aliphatic heterocycles. The van der Waals surface area contributed by atoms with Crippen LogP contribution in [0.25, 0.3) is 11.3 Å². The summed E-state index contributed by atoms with van der Waals surface area (Å²) >= 11 is 0. The molecule has 20 heavy (non-hydrogen) atoms. The smallest absolute Gasteiger partial charge is 0.0695 e. The summed E-state index contributed by atoms with van der Waals surface area (Å²) in [5.41, 5.74) is 4.85. The Labute approximate surface area is 120 Å². The summed E-state index contributed by atoms with van der Waals surface area (Å²) in [6.45, 7) is 4.56. The van der Waals surface area contributed by atoms with E-state index >= 15 is 0 Å². The largest absolute Gasteiger partial charge is 0.383 e. The lowest BCUT2D eigenvalue weighted by Gasteiger charge is -2.06. The van der Waals surface area contributed by atoms with Crippen molar-refractivity contribution in [3.8, 4) is 11.3 Å². The van der Waals surface area contributed by atoms with Gasteiger partial charge in [0.2, 0.25) is 0 Å². The zero-order chi connectivity index (χ0) is 14.2. The number of rotatable bonds is 8. The molecule has 2 aromatic rings. The van der Waals surface area contributed by atoms with Crippen LogP contribution in [0.3, 0.4) is 0 Å². The topological polar surface area (TPSA) is 49.9 Å². The normalized spacial score (nSPS) is 10.9. The predicted octanol–water partition coefficient (Wildman–Crippen LogP) is 2.77. The standard InChI is InChI=1S/C16H23N3O/c1-3-4-13-5-7-14(8-6-13)16-15(12-18-19-16)11-17-9-10-20-2/h5-8,12,17H,3-4,9-11H2,1-2H3,(H,18,19). The monoisotopic (exact) mass is 273 g/mol. The molecule has 0 amide bonds. The Morgan fingerprint density at radius 1 is 1.25 bits per heavy atom. The molecule has 0 bridgehead atoms. The Balaban J connectivity index is 2.03. The quantitative estimate of drug-likeness (QED) is 0.727. The van der Waals surface area contributed by atoms with Crippen LogP contribution in [0.5, 0.6) is 0 Å². The van der Waals surface area contributed by atoms with E-state index in [9.17, 15) is 0 Å². The lowest BCUT2D eigenvalue weighted by molar-refractivity contribution is 0.199. The predicted molar refractivity (Wildman–Crippen MR) is 81.6 cm³/mol. The van der Waals surface area contributed by atoms with Crippen LogP contribution in [0.2, 0.25) is 0 Å². The van der Waals surface area contributed by atoms with Crippen LogP contribution < -0.4 is 5.32 Å². The van der Waals surface area contributed by atoms with Gasteiger partial charge >= 0.3 is 0 Å². The molecule has 0 unspecified atom stereocenters. The molecule has 1 aromatic heterocycles. The first kappa shape index (κ1) is 14.8. The number of ether oxygens (including phenoxy) is 1. The van der Waals surface area contributed by atoms with Crippen LogP contribution in [0, 0.1) is 0 Å². The van der Waals surface area contributed by atoms with Gasteiger partial charge in [-0.25, -0.2) is 0 Å². The summed E-state index contributed by atoms with van der Waals surface area (Å²) in [5.74, 6) is 0. The Kier molecular flexibility index (Phi) is 5.77. The number of H-pyrrole nitrogens is 1. The Morgan fingerprint density at radius 3 is 2.75 bits per heavy atom. The highest BCUT2D eigenvalue weighted by Crippen LogP contribution is 2.21. The van der Waals surface area contributed by atoms with Crippen molar-refractivity contribution in [3.63, 3.8) is 0 Å². The fourth-order valence-electron chi connectivity index (χ4n) is 2.22. The van der Waals surface area contributed by atoms with Gasteiger partial charge in [-0.2, -0.15) is 5.10 Å². The van der Waals surface area contributed by atoms with Gasteiger partial charge in [0.1, 0.15) is 0 Å². The number of aromatic nitrogens is 2. The van der Waals surface area contributed by atoms with Crippen LogP contribution in [0.4, 0.5) is 0 Å². The third-order valence-electron chi connectivity index (χ3n) is 3.30. The molecule has 2 rings (SSSR count). The molecule has 0 aliphatic carbocycles. The summed E-state index contributed by atoms with van der Waals surface area (Å²) in [6.07, 6.45) is 4.20. The SMILES string of the molecule is CCCc1ccc(-c2[nH]ncc2CNCCOC)cc1. The Bertz CT molecular complexity index is 505. The maximum Gasteiger partial charge on any atom is 0.0695 e. The molecule has 0 atom stereocenters. The number of hydrogen-bond donors (Lipinski definition) is 2. The zero-order valence-corrected chi connectivity index (χ0v) is 12.3. The van der Waals surface area contributed by atoms with Crippen molar-refractivity contribution in [2.24, 2.45) is 0 Å². The second kappa shape index (κ2) is 7.82. The molecule has 0 fully saturated rings. The molecule has 1 aromatic carbocycles. The van der Waals surface area contributed by atoms with Crippen LogP contribution in [0.1, 0.15) is 24.5 Å². The van der Waals surface area contributed by atoms with Crippen molar-refractivity contribution in [3.05, 3.63) is 41.6 Å². The van der Waals surface area contributed by atoms with E-state index in [4.69, 9.17) is 4.74 Å². The van der Waals surface area contributed by atoms with Crippen molar-refractivity contribution in [2.45, 2.75) is 26.3 Å². The van der Waals surface area contributed by atoms with Gasteiger partial charge in [0.15, 0.2) is 0 Å². The summed E-state index contributed by atoms with van der Waals surface area (Å²) in [7, 11) is 1.71. The van der Waals surface area contributed by atoms with Gasteiger partial charge in [-0.1, -0.05) is 37.6 Å². The van der Waals surface area contributed by atoms with Crippen LogP contribution in [-0.4, -0.2) is 30.5 Å². The van der Waals surface area contributed by atoms with Crippen molar-refractivity contribution in [1.29, 1.82) is 0 Å². The highest BCUT2D eigenvalue weighted by atomic mass is 16.5. The second-order valence-electron chi connectivity index (χ2n) is 4.89. The fourth-order valence-corrected chi connectivity index (χ4v) is 2.22. The number of nitrogens with one attached hydrogen (secondary N) is 2. The summed E-state index contributed by atoms with van der Waals surface area (Å²) in [6, 6.07) is 8.72. The maximum atomic E-state index is 5.03. The summed E-state index contributed by atoms with van der Waals surface area (Å²) in [4.78, 5) is 0. The van der Waals surface area contributed by atoms with E-state index < -0.39 is 0 Å². The third-order valence-corrected chi connectivity index (χ3v) is 3.30. The molecular formula is C16H23N3O. The molecule has 0 saturated heterocycles. The molecule has 0 aliphatic rings. The fraction of sp³-hybridized carbons (Fsp3) is 0.438. The first-order valence-corrected chi connectivity index (χ1v) is 7.16. The third kappa shape index (κ3) is 3.92. The van der Waals surface area contributed by atoms with E-state index in [0.29, 0.717) is 0 Å². The van der Waals surface area contributed by atoms with E-state index in [2.05, 4.69) is 46.7 Å². The lowest BCUT2D eigenvalue weighted by Crippen LogP contribution is -2.18. The van der Waals surface area contributed by atoms with Crippen LogP contribution in [-0.2, 0) is 17.7 Å². The maximum absolute atomic E-state index is 5.03. The molecule has 0 spiro atoms. The zero-order valence-electron chi connectivity index (χ0n) is 12.3. The minimum Gasteiger partial charge on any atom is -0.383 e. The van der Waals surface area contributed by atoms with Gasteiger partial charge < -0.3 is 10.1 Å². The molecule has 2 N–H and O–H groups in total. The van der Waals surface area contributed by atoms with Gasteiger partial charge in [-0.05, 0) is 17.5 Å². The summed E-state index contributed by atoms with van der Waals surface area (Å²) in [5, 5.41) is 10.6. The van der Waals surface area contributed by atoms with Gasteiger partial charge in [0.05, 0.1) is 18.5 Å². The average Bonchev–Trinajstić information content (AvgIpc) is 2.93. The molecule has 1 heterocycles. The van der Waals surface area contributed by atoms with Gasteiger partial charge in [0.25, 0.3) is 0 Å². The van der Waals surface area contributed by atoms with Gasteiger partial charge in [-0.3, -0.25) is 5.10 Å². The average molecular weight is 273 g/mol. The van der Waals surface area contributed by atoms with Gasteiger partial charge in [0, 0.05) is 25.8 Å². The first-order valence-electron chi connectivity index (χ1n) is 7.16. The van der Waals surface area contributed by atoms with Crippen molar-refractivity contribution < 1.29 is 4.74 Å². The van der Waals surface area contributed by atoms with E-state index in [-0.39, 0.29) is 0 Å². The van der Waals surface area contributed by atoms with Crippen molar-refractivity contribution in [2.75, 3.05) is 20.3 Å². The number of aromatic amines is 1. The molecule has 0 radical (unpaired) electrons. The van der Waals surface area contributed by atoms with E-state index in [0.717, 1.165) is 31.8 Å². The number of aryl methyl sites for hydroxylation is 1. The molecular weight excluding hydrogens is 250 g/mol.